The Hall–Kier alpha value is -0.340. The fourth-order valence-corrected chi connectivity index (χ4v) is 3.25. The summed E-state index contributed by atoms with van der Waals surface area (Å²) in [5, 5.41) is 5.29. The second kappa shape index (κ2) is 10.4. The molecule has 0 aromatic carbocycles. The number of nitrogens with one attached hydrogen (secondary N) is 1. The number of thiophene rings is 1. The van der Waals surface area contributed by atoms with Gasteiger partial charge in [0.1, 0.15) is 0 Å². The lowest BCUT2D eigenvalue weighted by atomic mass is 10.2. The molecule has 2 heterocycles. The molecular weight excluding hydrogens is 395 g/mol. The van der Waals surface area contributed by atoms with Crippen molar-refractivity contribution < 1.29 is 0 Å². The Bertz CT molecular complexity index is 402. The lowest BCUT2D eigenvalue weighted by Crippen LogP contribution is -2.34. The fourth-order valence-electron chi connectivity index (χ4n) is 2.54. The number of rotatable bonds is 7. The summed E-state index contributed by atoms with van der Waals surface area (Å²) in [5.41, 5.74) is 5.90. The molecule has 1 aromatic heterocycles. The summed E-state index contributed by atoms with van der Waals surface area (Å²) in [6, 6.07) is 4.23. The molecule has 0 amide bonds. The number of hydrogen-bond donors (Lipinski definition) is 2. The number of likely N-dealkylation sites (tertiary alicyclic amines) is 1. The van der Waals surface area contributed by atoms with E-state index in [9.17, 15) is 0 Å². The Morgan fingerprint density at radius 2 is 2.24 bits per heavy atom. The maximum Gasteiger partial charge on any atom is 0.188 e. The number of halogens is 1. The van der Waals surface area contributed by atoms with E-state index in [4.69, 9.17) is 5.73 Å². The first-order valence-electron chi connectivity index (χ1n) is 7.52. The molecule has 6 heteroatoms. The third-order valence-corrected chi connectivity index (χ3v) is 4.54. The zero-order valence-electron chi connectivity index (χ0n) is 12.8. The quantitative estimate of drug-likeness (QED) is 0.404. The molecule has 120 valence electrons. The fraction of sp³-hybridized carbons (Fsp3) is 0.667. The van der Waals surface area contributed by atoms with E-state index < -0.39 is 0 Å². The molecule has 3 N–H and O–H groups in total. The average molecular weight is 422 g/mol. The van der Waals surface area contributed by atoms with Gasteiger partial charge in [0, 0.05) is 24.5 Å². The van der Waals surface area contributed by atoms with Crippen LogP contribution < -0.4 is 11.1 Å². The molecule has 0 bridgehead atoms. The van der Waals surface area contributed by atoms with Crippen LogP contribution in [0.1, 0.15) is 24.6 Å². The highest BCUT2D eigenvalue weighted by Gasteiger charge is 2.14. The van der Waals surface area contributed by atoms with E-state index in [-0.39, 0.29) is 24.0 Å². The molecule has 1 aliphatic rings. The van der Waals surface area contributed by atoms with E-state index in [1.54, 1.807) is 11.3 Å². The smallest absolute Gasteiger partial charge is 0.188 e. The zero-order chi connectivity index (χ0) is 14.2. The van der Waals surface area contributed by atoms with Gasteiger partial charge >= 0.3 is 0 Å². The van der Waals surface area contributed by atoms with Crippen molar-refractivity contribution in [1.82, 2.24) is 10.2 Å². The standard InChI is InChI=1S/C15H26N4S.HI/c1-13(12-19-8-2-3-9-19)11-18-15(16)17-7-6-14-5-4-10-20-14;/h4-5,10,13H,2-3,6-9,11-12H2,1H3,(H3,16,17,18);1H. The normalized spacial score (nSPS) is 17.5. The molecule has 1 atom stereocenters. The van der Waals surface area contributed by atoms with E-state index in [0.29, 0.717) is 11.9 Å². The number of hydrogen-bond acceptors (Lipinski definition) is 3. The monoisotopic (exact) mass is 422 g/mol. The molecule has 0 saturated carbocycles. The topological polar surface area (TPSA) is 53.6 Å². The van der Waals surface area contributed by atoms with Gasteiger partial charge in [0.2, 0.25) is 0 Å². The van der Waals surface area contributed by atoms with Crippen molar-refractivity contribution in [2.45, 2.75) is 26.2 Å². The molecule has 1 aromatic rings. The summed E-state index contributed by atoms with van der Waals surface area (Å²) < 4.78 is 0. The molecule has 1 aliphatic heterocycles. The van der Waals surface area contributed by atoms with Gasteiger partial charge in [-0.3, -0.25) is 4.99 Å². The van der Waals surface area contributed by atoms with Crippen molar-refractivity contribution in [3.05, 3.63) is 22.4 Å². The van der Waals surface area contributed by atoms with E-state index >= 15 is 0 Å². The Balaban J connectivity index is 0.00000220. The van der Waals surface area contributed by atoms with Gasteiger partial charge in [-0.05, 0) is 49.7 Å². The Kier molecular flexibility index (Phi) is 9.26. The van der Waals surface area contributed by atoms with Crippen LogP contribution in [0.4, 0.5) is 0 Å². The molecule has 0 spiro atoms. The largest absolute Gasteiger partial charge is 0.370 e. The third kappa shape index (κ3) is 7.46. The van der Waals surface area contributed by atoms with Crippen LogP contribution in [0.25, 0.3) is 0 Å². The molecular formula is C15H27IN4S. The summed E-state index contributed by atoms with van der Waals surface area (Å²) in [6.07, 6.45) is 3.71. The van der Waals surface area contributed by atoms with Crippen molar-refractivity contribution in [3.8, 4) is 0 Å². The summed E-state index contributed by atoms with van der Waals surface area (Å²) in [5.74, 6) is 1.15. The maximum absolute atomic E-state index is 5.90. The van der Waals surface area contributed by atoms with Crippen LogP contribution in [0.3, 0.4) is 0 Å². The van der Waals surface area contributed by atoms with Crippen molar-refractivity contribution in [1.29, 1.82) is 0 Å². The number of nitrogens with two attached hydrogens (primary N) is 1. The molecule has 2 rings (SSSR count). The predicted octanol–water partition coefficient (Wildman–Crippen LogP) is 2.54. The number of nitrogens with zero attached hydrogens (tertiary/aromatic N) is 2. The van der Waals surface area contributed by atoms with Crippen LogP contribution >= 0.6 is 35.3 Å². The van der Waals surface area contributed by atoms with Crippen molar-refractivity contribution in [2.75, 3.05) is 32.7 Å². The predicted molar refractivity (Wildman–Crippen MR) is 103 cm³/mol. The molecule has 0 radical (unpaired) electrons. The minimum atomic E-state index is 0. The van der Waals surface area contributed by atoms with Gasteiger partial charge in [-0.2, -0.15) is 0 Å². The first-order valence-corrected chi connectivity index (χ1v) is 8.40. The van der Waals surface area contributed by atoms with Crippen LogP contribution in [0, 0.1) is 5.92 Å². The van der Waals surface area contributed by atoms with Gasteiger partial charge in [0.25, 0.3) is 0 Å². The number of guanidine groups is 1. The van der Waals surface area contributed by atoms with Gasteiger partial charge < -0.3 is 16.0 Å². The SMILES string of the molecule is CC(CN=C(N)NCCc1cccs1)CN1CCCC1.I. The van der Waals surface area contributed by atoms with E-state index in [1.165, 1.54) is 30.8 Å². The van der Waals surface area contributed by atoms with Gasteiger partial charge in [-0.15, -0.1) is 35.3 Å². The Morgan fingerprint density at radius 1 is 1.48 bits per heavy atom. The molecule has 1 unspecified atom stereocenters. The zero-order valence-corrected chi connectivity index (χ0v) is 15.9. The summed E-state index contributed by atoms with van der Waals surface area (Å²) in [6.45, 7) is 7.57. The molecule has 21 heavy (non-hydrogen) atoms. The van der Waals surface area contributed by atoms with Gasteiger partial charge in [0.15, 0.2) is 5.96 Å². The molecule has 1 fully saturated rings. The van der Waals surface area contributed by atoms with Crippen LogP contribution in [0.5, 0.6) is 0 Å². The van der Waals surface area contributed by atoms with Gasteiger partial charge in [-0.25, -0.2) is 0 Å². The van der Waals surface area contributed by atoms with Gasteiger partial charge in [0.05, 0.1) is 0 Å². The van der Waals surface area contributed by atoms with Gasteiger partial charge in [-0.1, -0.05) is 13.0 Å². The minimum absolute atomic E-state index is 0. The second-order valence-electron chi connectivity index (χ2n) is 5.59. The summed E-state index contributed by atoms with van der Waals surface area (Å²) in [4.78, 5) is 8.36. The first-order chi connectivity index (χ1) is 9.74. The Labute approximate surface area is 149 Å². The molecule has 1 saturated heterocycles. The lowest BCUT2D eigenvalue weighted by Gasteiger charge is -2.18. The Morgan fingerprint density at radius 3 is 2.90 bits per heavy atom. The lowest BCUT2D eigenvalue weighted by molar-refractivity contribution is 0.291. The van der Waals surface area contributed by atoms with E-state index in [0.717, 1.165) is 26.1 Å². The van der Waals surface area contributed by atoms with Crippen LogP contribution in [-0.4, -0.2) is 43.6 Å². The van der Waals surface area contributed by atoms with Crippen molar-refractivity contribution in [2.24, 2.45) is 16.6 Å². The summed E-state index contributed by atoms with van der Waals surface area (Å²) >= 11 is 1.78. The van der Waals surface area contributed by atoms with Crippen molar-refractivity contribution in [3.63, 3.8) is 0 Å². The van der Waals surface area contributed by atoms with E-state index in [1.807, 2.05) is 0 Å². The highest BCUT2D eigenvalue weighted by Crippen LogP contribution is 2.10. The molecule has 0 aliphatic carbocycles. The highest BCUT2D eigenvalue weighted by atomic mass is 127. The second-order valence-corrected chi connectivity index (χ2v) is 6.63. The summed E-state index contributed by atoms with van der Waals surface area (Å²) in [7, 11) is 0. The van der Waals surface area contributed by atoms with Crippen LogP contribution in [-0.2, 0) is 6.42 Å². The number of aliphatic imine (C=N–C) groups is 1. The first kappa shape index (κ1) is 18.7. The van der Waals surface area contributed by atoms with Crippen LogP contribution in [0.15, 0.2) is 22.5 Å². The average Bonchev–Trinajstić information content (AvgIpc) is 3.09. The van der Waals surface area contributed by atoms with Crippen LogP contribution in [0.2, 0.25) is 0 Å². The third-order valence-electron chi connectivity index (χ3n) is 3.60. The van der Waals surface area contributed by atoms with E-state index in [2.05, 4.69) is 39.6 Å². The minimum Gasteiger partial charge on any atom is -0.370 e. The highest BCUT2D eigenvalue weighted by molar-refractivity contribution is 14.0. The molecule has 4 nitrogen and oxygen atoms in total. The van der Waals surface area contributed by atoms with Crippen molar-refractivity contribution >= 4 is 41.3 Å². The maximum atomic E-state index is 5.90.